The zero-order valence-electron chi connectivity index (χ0n) is 12.2. The van der Waals surface area contributed by atoms with Crippen molar-refractivity contribution in [1.82, 2.24) is 0 Å². The number of rotatable bonds is 1. The largest absolute Gasteiger partial charge is 0.0616 e. The highest BCUT2D eigenvalue weighted by Gasteiger charge is 2.09. The second kappa shape index (κ2) is 5.26. The van der Waals surface area contributed by atoms with Crippen molar-refractivity contribution in [3.8, 4) is 11.1 Å². The van der Waals surface area contributed by atoms with E-state index in [1.807, 2.05) is 0 Å². The van der Waals surface area contributed by atoms with Gasteiger partial charge in [-0.05, 0) is 51.9 Å². The molecule has 0 fully saturated rings. The van der Waals surface area contributed by atoms with Crippen LogP contribution in [-0.2, 0) is 0 Å². The second-order valence-electron chi connectivity index (χ2n) is 5.55. The molecule has 0 aliphatic heterocycles. The summed E-state index contributed by atoms with van der Waals surface area (Å²) >= 11 is 3.64. The fourth-order valence-electron chi connectivity index (χ4n) is 3.04. The van der Waals surface area contributed by atoms with Crippen LogP contribution in [0.1, 0.15) is 5.56 Å². The minimum Gasteiger partial charge on any atom is -0.0616 e. The van der Waals surface area contributed by atoms with Crippen LogP contribution < -0.4 is 0 Å². The Hall–Kier alpha value is -2.12. The third-order valence-corrected chi connectivity index (χ3v) is 4.80. The van der Waals surface area contributed by atoms with Crippen molar-refractivity contribution in [2.24, 2.45) is 0 Å². The first-order valence-electron chi connectivity index (χ1n) is 7.33. The zero-order valence-corrected chi connectivity index (χ0v) is 13.8. The highest BCUT2D eigenvalue weighted by molar-refractivity contribution is 9.10. The Labute approximate surface area is 138 Å². The SMILES string of the molecule is Cc1ccc2ccccc2c1-c1[c]c2c(Br)cccc2cc1. The van der Waals surface area contributed by atoms with Gasteiger partial charge in [0.05, 0.1) is 0 Å². The van der Waals surface area contributed by atoms with Crippen molar-refractivity contribution in [3.05, 3.63) is 82.8 Å². The first kappa shape index (κ1) is 13.5. The number of fused-ring (bicyclic) bond motifs is 2. The summed E-state index contributed by atoms with van der Waals surface area (Å²) in [7, 11) is 0. The molecule has 4 aromatic rings. The molecule has 0 aliphatic carbocycles. The van der Waals surface area contributed by atoms with E-state index in [1.54, 1.807) is 0 Å². The summed E-state index contributed by atoms with van der Waals surface area (Å²) in [6, 6.07) is 27.1. The van der Waals surface area contributed by atoms with Gasteiger partial charge in [0.2, 0.25) is 0 Å². The quantitative estimate of drug-likeness (QED) is 0.367. The molecule has 1 radical (unpaired) electrons. The summed E-state index contributed by atoms with van der Waals surface area (Å²) in [5, 5.41) is 4.89. The summed E-state index contributed by atoms with van der Waals surface area (Å²) in [4.78, 5) is 0. The van der Waals surface area contributed by atoms with Gasteiger partial charge in [-0.3, -0.25) is 0 Å². The van der Waals surface area contributed by atoms with Crippen molar-refractivity contribution < 1.29 is 0 Å². The maximum atomic E-state index is 3.64. The summed E-state index contributed by atoms with van der Waals surface area (Å²) < 4.78 is 1.09. The Balaban J connectivity index is 2.07. The van der Waals surface area contributed by atoms with E-state index in [-0.39, 0.29) is 0 Å². The zero-order chi connectivity index (χ0) is 15.1. The van der Waals surface area contributed by atoms with E-state index in [0.717, 1.165) is 15.4 Å². The Kier molecular flexibility index (Phi) is 3.24. The van der Waals surface area contributed by atoms with E-state index in [0.29, 0.717) is 0 Å². The molecule has 0 bridgehead atoms. The average Bonchev–Trinajstić information content (AvgIpc) is 2.55. The normalized spacial score (nSPS) is 11.2. The van der Waals surface area contributed by atoms with Crippen LogP contribution in [0.2, 0.25) is 0 Å². The van der Waals surface area contributed by atoms with Crippen LogP contribution >= 0.6 is 15.9 Å². The molecular formula is C21H14Br. The van der Waals surface area contributed by atoms with Gasteiger partial charge < -0.3 is 0 Å². The average molecular weight is 346 g/mol. The molecule has 22 heavy (non-hydrogen) atoms. The molecule has 0 aliphatic rings. The van der Waals surface area contributed by atoms with Gasteiger partial charge in [0.25, 0.3) is 0 Å². The molecule has 0 spiro atoms. The van der Waals surface area contributed by atoms with E-state index < -0.39 is 0 Å². The van der Waals surface area contributed by atoms with Gasteiger partial charge in [-0.2, -0.15) is 0 Å². The molecule has 0 saturated carbocycles. The molecule has 105 valence electrons. The third kappa shape index (κ3) is 2.13. The smallest absolute Gasteiger partial charge is 0.0260 e. The maximum Gasteiger partial charge on any atom is 0.0260 e. The molecule has 0 amide bonds. The highest BCUT2D eigenvalue weighted by Crippen LogP contribution is 2.34. The number of hydrogen-bond acceptors (Lipinski definition) is 0. The first-order valence-corrected chi connectivity index (χ1v) is 8.12. The standard InChI is InChI=1S/C21H14Br/c1-14-9-10-15-5-2-3-7-18(15)21(14)17-12-11-16-6-4-8-20(22)19(16)13-17/h2-12H,1H3. The van der Waals surface area contributed by atoms with Crippen LogP contribution in [0.15, 0.2) is 71.2 Å². The number of halogens is 1. The van der Waals surface area contributed by atoms with Crippen LogP contribution in [0.25, 0.3) is 32.7 Å². The molecule has 4 aromatic carbocycles. The molecule has 0 saturated heterocycles. The minimum atomic E-state index is 1.09. The van der Waals surface area contributed by atoms with Gasteiger partial charge in [0, 0.05) is 9.86 Å². The summed E-state index contributed by atoms with van der Waals surface area (Å²) in [5.74, 6) is 0. The van der Waals surface area contributed by atoms with E-state index in [4.69, 9.17) is 0 Å². The Morgan fingerprint density at radius 1 is 0.773 bits per heavy atom. The monoisotopic (exact) mass is 345 g/mol. The van der Waals surface area contributed by atoms with E-state index in [9.17, 15) is 0 Å². The van der Waals surface area contributed by atoms with E-state index in [2.05, 4.69) is 95.7 Å². The number of aryl methyl sites for hydroxylation is 1. The first-order chi connectivity index (χ1) is 10.7. The summed E-state index contributed by atoms with van der Waals surface area (Å²) in [5.41, 5.74) is 3.70. The van der Waals surface area contributed by atoms with Gasteiger partial charge in [-0.25, -0.2) is 0 Å². The predicted octanol–water partition coefficient (Wildman–Crippen LogP) is 6.53. The summed E-state index contributed by atoms with van der Waals surface area (Å²) in [6.45, 7) is 2.17. The molecule has 0 unspecified atom stereocenters. The van der Waals surface area contributed by atoms with Crippen LogP contribution in [0.5, 0.6) is 0 Å². The van der Waals surface area contributed by atoms with Gasteiger partial charge in [0.1, 0.15) is 0 Å². The lowest BCUT2D eigenvalue weighted by Gasteiger charge is -2.12. The highest BCUT2D eigenvalue weighted by atomic mass is 79.9. The van der Waals surface area contributed by atoms with E-state index >= 15 is 0 Å². The lowest BCUT2D eigenvalue weighted by molar-refractivity contribution is 1.49. The Bertz CT molecular complexity index is 999. The van der Waals surface area contributed by atoms with Gasteiger partial charge in [0.15, 0.2) is 0 Å². The van der Waals surface area contributed by atoms with Crippen molar-refractivity contribution in [2.75, 3.05) is 0 Å². The molecular weight excluding hydrogens is 332 g/mol. The van der Waals surface area contributed by atoms with Crippen molar-refractivity contribution in [2.45, 2.75) is 6.92 Å². The lowest BCUT2D eigenvalue weighted by atomic mass is 9.93. The molecule has 0 nitrogen and oxygen atoms in total. The van der Waals surface area contributed by atoms with Crippen molar-refractivity contribution in [3.63, 3.8) is 0 Å². The fourth-order valence-corrected chi connectivity index (χ4v) is 3.53. The third-order valence-electron chi connectivity index (χ3n) is 4.14. The molecule has 0 heterocycles. The van der Waals surface area contributed by atoms with Gasteiger partial charge in [-0.15, -0.1) is 0 Å². The topological polar surface area (TPSA) is 0 Å². The lowest BCUT2D eigenvalue weighted by Crippen LogP contribution is -1.87. The van der Waals surface area contributed by atoms with Crippen LogP contribution in [0.4, 0.5) is 0 Å². The van der Waals surface area contributed by atoms with Crippen molar-refractivity contribution >= 4 is 37.5 Å². The van der Waals surface area contributed by atoms with E-state index in [1.165, 1.54) is 27.3 Å². The van der Waals surface area contributed by atoms with Gasteiger partial charge >= 0.3 is 0 Å². The predicted molar refractivity (Wildman–Crippen MR) is 98.2 cm³/mol. The molecule has 4 rings (SSSR count). The second-order valence-corrected chi connectivity index (χ2v) is 6.41. The molecule has 0 N–H and O–H groups in total. The summed E-state index contributed by atoms with van der Waals surface area (Å²) in [6.07, 6.45) is 0. The maximum absolute atomic E-state index is 3.64. The Morgan fingerprint density at radius 2 is 1.55 bits per heavy atom. The molecule has 0 atom stereocenters. The van der Waals surface area contributed by atoms with Crippen molar-refractivity contribution in [1.29, 1.82) is 0 Å². The van der Waals surface area contributed by atoms with Gasteiger partial charge in [-0.1, -0.05) is 76.6 Å². The van der Waals surface area contributed by atoms with Crippen LogP contribution in [0, 0.1) is 13.0 Å². The number of hydrogen-bond donors (Lipinski definition) is 0. The number of benzene rings is 4. The minimum absolute atomic E-state index is 1.09. The van der Waals surface area contributed by atoms with Crippen LogP contribution in [-0.4, -0.2) is 0 Å². The Morgan fingerprint density at radius 3 is 2.45 bits per heavy atom. The fraction of sp³-hybridized carbons (Fsp3) is 0.0476. The molecule has 1 heteroatoms. The molecule has 0 aromatic heterocycles. The van der Waals surface area contributed by atoms with Crippen LogP contribution in [0.3, 0.4) is 0 Å².